The average Bonchev–Trinajstić information content (AvgIpc) is 3.09. The second-order valence-corrected chi connectivity index (χ2v) is 7.56. The first kappa shape index (κ1) is 22.8. The fourth-order valence-corrected chi connectivity index (χ4v) is 3.51. The molecule has 31 heavy (non-hydrogen) atoms. The molecule has 0 unspecified atom stereocenters. The molecule has 0 spiro atoms. The summed E-state index contributed by atoms with van der Waals surface area (Å²) in [5.74, 6) is -1.34. The number of carbonyl (C=O) groups excluding carboxylic acids is 2. The summed E-state index contributed by atoms with van der Waals surface area (Å²) in [6.45, 7) is 1.65. The second-order valence-electron chi connectivity index (χ2n) is 6.30. The van der Waals surface area contributed by atoms with E-state index in [4.69, 9.17) is 11.6 Å². The van der Waals surface area contributed by atoms with Gasteiger partial charge in [0.1, 0.15) is 5.69 Å². The number of aryl methyl sites for hydroxylation is 1. The molecule has 2 amide bonds. The smallest absolute Gasteiger partial charge is 0.355 e. The molecule has 12 heteroatoms. The molecule has 2 aromatic heterocycles. The molecule has 3 rings (SSSR count). The first-order chi connectivity index (χ1) is 14.5. The third-order valence-electron chi connectivity index (χ3n) is 4.13. The molecule has 0 bridgehead atoms. The van der Waals surface area contributed by atoms with Crippen LogP contribution in [0.5, 0.6) is 0 Å². The van der Waals surface area contributed by atoms with Gasteiger partial charge in [-0.2, -0.15) is 18.3 Å². The molecule has 7 nitrogen and oxygen atoms in total. The summed E-state index contributed by atoms with van der Waals surface area (Å²) in [7, 11) is 1.27. The van der Waals surface area contributed by atoms with Crippen LogP contribution in [0.25, 0.3) is 5.82 Å². The number of rotatable bonds is 4. The molecule has 0 saturated heterocycles. The summed E-state index contributed by atoms with van der Waals surface area (Å²) in [6, 6.07) is 6.07. The molecule has 2 N–H and O–H groups in total. The van der Waals surface area contributed by atoms with E-state index in [1.807, 2.05) is 0 Å². The molecule has 0 fully saturated rings. The Balaban J connectivity index is 2.07. The van der Waals surface area contributed by atoms with Gasteiger partial charge in [-0.3, -0.25) is 9.59 Å². The van der Waals surface area contributed by atoms with Crippen molar-refractivity contribution < 1.29 is 22.8 Å². The minimum atomic E-state index is -4.68. The quantitative estimate of drug-likeness (QED) is 0.530. The van der Waals surface area contributed by atoms with Crippen molar-refractivity contribution in [3.8, 4) is 5.82 Å². The van der Waals surface area contributed by atoms with Gasteiger partial charge in [-0.25, -0.2) is 9.67 Å². The maximum atomic E-state index is 13.2. The highest BCUT2D eigenvalue weighted by Gasteiger charge is 2.33. The molecule has 0 aliphatic rings. The van der Waals surface area contributed by atoms with Crippen molar-refractivity contribution in [1.29, 1.82) is 0 Å². The molecular formula is C19H14BrClF3N5O2. The first-order valence-corrected chi connectivity index (χ1v) is 9.81. The second kappa shape index (κ2) is 8.67. The Kier molecular flexibility index (Phi) is 6.37. The number of halogens is 5. The largest absolute Gasteiger partial charge is 0.416 e. The van der Waals surface area contributed by atoms with Gasteiger partial charge >= 0.3 is 6.18 Å². The van der Waals surface area contributed by atoms with Crippen LogP contribution in [0.2, 0.25) is 5.02 Å². The van der Waals surface area contributed by atoms with Crippen LogP contribution < -0.4 is 10.6 Å². The van der Waals surface area contributed by atoms with Crippen molar-refractivity contribution >= 4 is 45.0 Å². The number of nitrogens with one attached hydrogen (secondary N) is 2. The highest BCUT2D eigenvalue weighted by atomic mass is 79.9. The Morgan fingerprint density at radius 1 is 1.19 bits per heavy atom. The van der Waals surface area contributed by atoms with Gasteiger partial charge < -0.3 is 10.6 Å². The lowest BCUT2D eigenvalue weighted by atomic mass is 10.1. The molecule has 2 heterocycles. The number of aromatic nitrogens is 3. The lowest BCUT2D eigenvalue weighted by Crippen LogP contribution is -2.24. The number of nitrogens with zero attached hydrogens (tertiary/aromatic N) is 3. The number of pyridine rings is 1. The van der Waals surface area contributed by atoms with E-state index in [1.54, 1.807) is 19.1 Å². The van der Waals surface area contributed by atoms with Gasteiger partial charge in [0.2, 0.25) is 0 Å². The van der Waals surface area contributed by atoms with Crippen molar-refractivity contribution in [2.24, 2.45) is 0 Å². The molecular weight excluding hydrogens is 503 g/mol. The third-order valence-corrected chi connectivity index (χ3v) is 5.05. The monoisotopic (exact) mass is 515 g/mol. The normalized spacial score (nSPS) is 11.3. The molecule has 0 aliphatic carbocycles. The fraction of sp³-hybridized carbons (Fsp3) is 0.158. The number of alkyl halides is 3. The van der Waals surface area contributed by atoms with Crippen LogP contribution in [-0.4, -0.2) is 33.6 Å². The third kappa shape index (κ3) is 4.72. The number of amides is 2. The molecule has 1 aromatic carbocycles. The summed E-state index contributed by atoms with van der Waals surface area (Å²) < 4.78 is 40.6. The van der Waals surface area contributed by atoms with Crippen LogP contribution >= 0.6 is 27.5 Å². The van der Waals surface area contributed by atoms with Crippen molar-refractivity contribution in [3.05, 3.63) is 68.5 Å². The van der Waals surface area contributed by atoms with Crippen LogP contribution in [0, 0.1) is 6.92 Å². The molecule has 0 radical (unpaired) electrons. The number of hydrogen-bond donors (Lipinski definition) is 2. The lowest BCUT2D eigenvalue weighted by molar-refractivity contribution is -0.137. The van der Waals surface area contributed by atoms with Crippen LogP contribution in [0.1, 0.15) is 32.1 Å². The zero-order valence-corrected chi connectivity index (χ0v) is 18.4. The van der Waals surface area contributed by atoms with Gasteiger partial charge in [-0.1, -0.05) is 11.6 Å². The minimum Gasteiger partial charge on any atom is -0.355 e. The van der Waals surface area contributed by atoms with Crippen LogP contribution in [-0.2, 0) is 6.18 Å². The van der Waals surface area contributed by atoms with E-state index < -0.39 is 23.6 Å². The Labute approximate surface area is 187 Å². The predicted octanol–water partition coefficient (Wildman–Crippen LogP) is 4.62. The highest BCUT2D eigenvalue weighted by Crippen LogP contribution is 2.37. The Morgan fingerprint density at radius 3 is 2.52 bits per heavy atom. The number of carbonyl (C=O) groups is 2. The Bertz CT molecular complexity index is 1180. The predicted molar refractivity (Wildman–Crippen MR) is 112 cm³/mol. The topological polar surface area (TPSA) is 88.9 Å². The summed E-state index contributed by atoms with van der Waals surface area (Å²) in [6.07, 6.45) is -3.21. The molecule has 3 aromatic rings. The lowest BCUT2D eigenvalue weighted by Gasteiger charge is -2.16. The maximum Gasteiger partial charge on any atom is 0.416 e. The van der Waals surface area contributed by atoms with Crippen molar-refractivity contribution in [2.75, 3.05) is 12.4 Å². The summed E-state index contributed by atoms with van der Waals surface area (Å²) in [5, 5.41) is 9.21. The molecule has 162 valence electrons. The number of benzene rings is 1. The van der Waals surface area contributed by atoms with E-state index in [-0.39, 0.29) is 32.3 Å². The summed E-state index contributed by atoms with van der Waals surface area (Å²) >= 11 is 9.17. The highest BCUT2D eigenvalue weighted by molar-refractivity contribution is 9.10. The zero-order chi connectivity index (χ0) is 22.9. The van der Waals surface area contributed by atoms with Gasteiger partial charge in [0.05, 0.1) is 27.5 Å². The van der Waals surface area contributed by atoms with E-state index in [2.05, 4.69) is 36.6 Å². The van der Waals surface area contributed by atoms with E-state index in [0.717, 1.165) is 6.07 Å². The van der Waals surface area contributed by atoms with E-state index in [9.17, 15) is 22.8 Å². The Hall–Kier alpha value is -2.92. The molecule has 0 atom stereocenters. The first-order valence-electron chi connectivity index (χ1n) is 8.64. The molecule has 0 aliphatic heterocycles. The zero-order valence-electron chi connectivity index (χ0n) is 16.0. The van der Waals surface area contributed by atoms with Gasteiger partial charge in [0.15, 0.2) is 5.82 Å². The van der Waals surface area contributed by atoms with Gasteiger partial charge in [0.25, 0.3) is 11.8 Å². The number of anilines is 1. The average molecular weight is 517 g/mol. The fourth-order valence-electron chi connectivity index (χ4n) is 2.74. The summed E-state index contributed by atoms with van der Waals surface area (Å²) in [5.41, 5.74) is -1.04. The van der Waals surface area contributed by atoms with E-state index >= 15 is 0 Å². The van der Waals surface area contributed by atoms with Gasteiger partial charge in [-0.05, 0) is 53.2 Å². The van der Waals surface area contributed by atoms with Crippen LogP contribution in [0.4, 0.5) is 18.9 Å². The minimum absolute atomic E-state index is 0.0211. The van der Waals surface area contributed by atoms with E-state index in [0.29, 0.717) is 11.8 Å². The van der Waals surface area contributed by atoms with Crippen molar-refractivity contribution in [1.82, 2.24) is 20.1 Å². The molecule has 0 saturated carbocycles. The van der Waals surface area contributed by atoms with Crippen molar-refractivity contribution in [2.45, 2.75) is 13.1 Å². The van der Waals surface area contributed by atoms with Crippen LogP contribution in [0.15, 0.2) is 41.0 Å². The van der Waals surface area contributed by atoms with Gasteiger partial charge in [-0.15, -0.1) is 0 Å². The standard InChI is InChI=1S/C19H14BrClF3N5O2/c1-9-6-14(29(28-9)16-13(21)4-3-5-26-16)18(31)27-15-11(17(30)25-2)7-10(8-12(15)20)19(22,23)24/h3-8H,1-2H3,(H,25,30)(H,27,31). The Morgan fingerprint density at radius 2 is 1.90 bits per heavy atom. The summed E-state index contributed by atoms with van der Waals surface area (Å²) in [4.78, 5) is 29.4. The maximum absolute atomic E-state index is 13.2. The van der Waals surface area contributed by atoms with E-state index in [1.165, 1.54) is 24.0 Å². The van der Waals surface area contributed by atoms with Gasteiger partial charge in [0, 0.05) is 17.7 Å². The number of hydrogen-bond acceptors (Lipinski definition) is 4. The van der Waals surface area contributed by atoms with Crippen LogP contribution in [0.3, 0.4) is 0 Å². The van der Waals surface area contributed by atoms with Crippen molar-refractivity contribution in [3.63, 3.8) is 0 Å². The SMILES string of the molecule is CNC(=O)c1cc(C(F)(F)F)cc(Br)c1NC(=O)c1cc(C)nn1-c1ncccc1Cl.